The number of rotatable bonds is 6. The van der Waals surface area contributed by atoms with Crippen LogP contribution in [0.1, 0.15) is 16.1 Å². The molecule has 0 unspecified atom stereocenters. The number of nitrogens with zero attached hydrogens (tertiary/aromatic N) is 1. The molecular weight excluding hydrogens is 475 g/mol. The zero-order valence-electron chi connectivity index (χ0n) is 17.5. The maximum atomic E-state index is 13.3. The van der Waals surface area contributed by atoms with Crippen molar-refractivity contribution < 1.29 is 48.6 Å². The quantitative estimate of drug-likeness (QED) is 0.390. The molecule has 33 heavy (non-hydrogen) atoms. The summed E-state index contributed by atoms with van der Waals surface area (Å²) in [6.07, 6.45) is 0. The minimum atomic E-state index is -1.35. The number of carbonyl (C=O) groups excluding carboxylic acids is 1. The van der Waals surface area contributed by atoms with E-state index in [4.69, 9.17) is 27.9 Å². The minimum Gasteiger partial charge on any atom is -0.543 e. The molecule has 0 saturated heterocycles. The van der Waals surface area contributed by atoms with Gasteiger partial charge in [0.05, 0.1) is 22.4 Å². The summed E-state index contributed by atoms with van der Waals surface area (Å²) in [5.41, 5.74) is 3.07. The molecule has 0 fully saturated rings. The van der Waals surface area contributed by atoms with Crippen LogP contribution < -0.4 is 39.4 Å². The summed E-state index contributed by atoms with van der Waals surface area (Å²) >= 11 is 12.4. The number of benzene rings is 3. The first kappa shape index (κ1) is 25.2. The number of carboxylic acid groups (broad SMARTS) is 1. The molecule has 160 valence electrons. The standard InChI is InChI=1S/C25H16Cl2FNO3.Na/c26-16-9-11-24(32-14-15-8-10-17(28)13-21(15)27)20(12-16)18-4-1-2-5-19(18)22-6-3-7-23(29-22)25(30)31;/h1-13H,14H2,(H,30,31);/q;+1/p-1. The van der Waals surface area contributed by atoms with E-state index >= 15 is 0 Å². The maximum absolute atomic E-state index is 13.3. The van der Waals surface area contributed by atoms with E-state index in [2.05, 4.69) is 4.98 Å². The van der Waals surface area contributed by atoms with Gasteiger partial charge in [0.25, 0.3) is 0 Å². The van der Waals surface area contributed by atoms with Crippen molar-refractivity contribution in [2.45, 2.75) is 6.61 Å². The van der Waals surface area contributed by atoms with Crippen LogP contribution in [0, 0.1) is 5.82 Å². The van der Waals surface area contributed by atoms with Gasteiger partial charge in [0, 0.05) is 21.7 Å². The largest absolute Gasteiger partial charge is 1.00 e. The molecule has 1 aromatic heterocycles. The van der Waals surface area contributed by atoms with Crippen molar-refractivity contribution >= 4 is 29.2 Å². The number of aromatic nitrogens is 1. The molecule has 1 heterocycles. The average molecular weight is 490 g/mol. The second kappa shape index (κ2) is 11.1. The molecule has 0 aliphatic carbocycles. The average Bonchev–Trinajstić information content (AvgIpc) is 2.79. The number of pyridine rings is 1. The third-order valence-electron chi connectivity index (χ3n) is 4.79. The van der Waals surface area contributed by atoms with Crippen molar-refractivity contribution in [2.24, 2.45) is 0 Å². The molecule has 4 nitrogen and oxygen atoms in total. The SMILES string of the molecule is O=C([O-])c1cccc(-c2ccccc2-c2cc(Cl)ccc2OCc2ccc(F)cc2Cl)n1.[Na+]. The summed E-state index contributed by atoms with van der Waals surface area (Å²) in [6.45, 7) is 0.119. The van der Waals surface area contributed by atoms with Gasteiger partial charge in [-0.15, -0.1) is 0 Å². The summed E-state index contributed by atoms with van der Waals surface area (Å²) in [5, 5.41) is 12.0. The molecule has 0 N–H and O–H groups in total. The van der Waals surface area contributed by atoms with Crippen molar-refractivity contribution in [1.82, 2.24) is 4.98 Å². The Bertz CT molecular complexity index is 1320. The Balaban J connectivity index is 0.00000306. The van der Waals surface area contributed by atoms with Gasteiger partial charge in [-0.25, -0.2) is 9.37 Å². The van der Waals surface area contributed by atoms with E-state index in [0.29, 0.717) is 33.2 Å². The predicted octanol–water partition coefficient (Wildman–Crippen LogP) is 2.81. The van der Waals surface area contributed by atoms with E-state index < -0.39 is 11.8 Å². The number of hydrogen-bond acceptors (Lipinski definition) is 4. The van der Waals surface area contributed by atoms with E-state index in [9.17, 15) is 14.3 Å². The van der Waals surface area contributed by atoms with Crippen molar-refractivity contribution in [1.29, 1.82) is 0 Å². The summed E-state index contributed by atoms with van der Waals surface area (Å²) in [6, 6.07) is 21.4. The van der Waals surface area contributed by atoms with Crippen molar-refractivity contribution in [3.8, 4) is 28.1 Å². The summed E-state index contributed by atoms with van der Waals surface area (Å²) in [4.78, 5) is 15.5. The molecule has 3 aromatic carbocycles. The molecule has 0 aliphatic rings. The number of carbonyl (C=O) groups is 1. The number of ether oxygens (including phenoxy) is 1. The van der Waals surface area contributed by atoms with Crippen LogP contribution in [0.2, 0.25) is 10.0 Å². The van der Waals surface area contributed by atoms with Gasteiger partial charge >= 0.3 is 29.6 Å². The second-order valence-corrected chi connectivity index (χ2v) is 7.75. The van der Waals surface area contributed by atoms with Crippen molar-refractivity contribution in [2.75, 3.05) is 0 Å². The first-order valence-electron chi connectivity index (χ1n) is 9.57. The molecular formula is C25H15Cl2FNNaO3. The normalized spacial score (nSPS) is 10.4. The maximum Gasteiger partial charge on any atom is 1.00 e. The molecule has 4 aromatic rings. The molecule has 0 amide bonds. The predicted molar refractivity (Wildman–Crippen MR) is 120 cm³/mol. The van der Waals surface area contributed by atoms with Gasteiger partial charge in [-0.1, -0.05) is 59.6 Å². The molecule has 0 atom stereocenters. The van der Waals surface area contributed by atoms with Gasteiger partial charge in [-0.3, -0.25) is 0 Å². The van der Waals surface area contributed by atoms with Crippen LogP contribution in [-0.4, -0.2) is 11.0 Å². The van der Waals surface area contributed by atoms with Crippen LogP contribution in [0.3, 0.4) is 0 Å². The Kier molecular flexibility index (Phi) is 8.51. The van der Waals surface area contributed by atoms with Gasteiger partial charge in [-0.2, -0.15) is 0 Å². The van der Waals surface area contributed by atoms with Gasteiger partial charge in [0.2, 0.25) is 0 Å². The molecule has 8 heteroatoms. The topological polar surface area (TPSA) is 62.2 Å². The molecule has 0 spiro atoms. The Morgan fingerprint density at radius 3 is 2.39 bits per heavy atom. The Morgan fingerprint density at radius 1 is 0.909 bits per heavy atom. The van der Waals surface area contributed by atoms with Crippen molar-refractivity contribution in [3.63, 3.8) is 0 Å². The summed E-state index contributed by atoms with van der Waals surface area (Å²) in [7, 11) is 0. The third kappa shape index (κ3) is 5.94. The number of carboxylic acids is 1. The number of aromatic carboxylic acids is 1. The number of halogens is 3. The van der Waals surface area contributed by atoms with Gasteiger partial charge in [0.15, 0.2) is 0 Å². The Hall–Kier alpha value is -2.41. The van der Waals surface area contributed by atoms with Crippen LogP contribution in [0.15, 0.2) is 78.9 Å². The fourth-order valence-electron chi connectivity index (χ4n) is 3.27. The zero-order valence-corrected chi connectivity index (χ0v) is 21.0. The second-order valence-electron chi connectivity index (χ2n) is 6.91. The molecule has 0 saturated carbocycles. The first-order valence-corrected chi connectivity index (χ1v) is 10.3. The molecule has 0 radical (unpaired) electrons. The van der Waals surface area contributed by atoms with Crippen LogP contribution in [-0.2, 0) is 6.61 Å². The van der Waals surface area contributed by atoms with Gasteiger partial charge < -0.3 is 14.6 Å². The van der Waals surface area contributed by atoms with Crippen LogP contribution in [0.5, 0.6) is 5.75 Å². The van der Waals surface area contributed by atoms with E-state index in [-0.39, 0.29) is 46.9 Å². The van der Waals surface area contributed by atoms with Crippen molar-refractivity contribution in [3.05, 3.63) is 106 Å². The van der Waals surface area contributed by atoms with E-state index in [0.717, 1.165) is 5.56 Å². The Morgan fingerprint density at radius 2 is 1.67 bits per heavy atom. The van der Waals surface area contributed by atoms with Gasteiger partial charge in [0.1, 0.15) is 18.2 Å². The minimum absolute atomic E-state index is 0. The molecule has 4 rings (SSSR count). The van der Waals surface area contributed by atoms with Crippen LogP contribution in [0.25, 0.3) is 22.4 Å². The third-order valence-corrected chi connectivity index (χ3v) is 5.38. The smallest absolute Gasteiger partial charge is 0.543 e. The first-order chi connectivity index (χ1) is 15.4. The van der Waals surface area contributed by atoms with Crippen LogP contribution in [0.4, 0.5) is 4.39 Å². The number of hydrogen-bond donors (Lipinski definition) is 0. The fraction of sp³-hybridized carbons (Fsp3) is 0.0400. The van der Waals surface area contributed by atoms with Crippen LogP contribution >= 0.6 is 23.2 Å². The van der Waals surface area contributed by atoms with E-state index in [1.807, 2.05) is 24.3 Å². The molecule has 0 aliphatic heterocycles. The summed E-state index contributed by atoms with van der Waals surface area (Å²) in [5.74, 6) is -1.25. The van der Waals surface area contributed by atoms with E-state index in [1.54, 1.807) is 36.4 Å². The van der Waals surface area contributed by atoms with E-state index in [1.165, 1.54) is 18.2 Å². The monoisotopic (exact) mass is 489 g/mol. The summed E-state index contributed by atoms with van der Waals surface area (Å²) < 4.78 is 19.4. The molecule has 0 bridgehead atoms. The Labute approximate surface area is 222 Å². The zero-order chi connectivity index (χ0) is 22.7. The fourth-order valence-corrected chi connectivity index (χ4v) is 3.67. The van der Waals surface area contributed by atoms with Gasteiger partial charge in [-0.05, 0) is 48.0 Å².